The van der Waals surface area contributed by atoms with Crippen LogP contribution in [0.25, 0.3) is 16.9 Å². The van der Waals surface area contributed by atoms with E-state index in [0.717, 1.165) is 28.6 Å². The van der Waals surface area contributed by atoms with Crippen LogP contribution in [0.3, 0.4) is 0 Å². The maximum atomic E-state index is 4.73. The molecule has 5 heteroatoms. The number of benzene rings is 1. The minimum absolute atomic E-state index is 0.497. The summed E-state index contributed by atoms with van der Waals surface area (Å²) in [7, 11) is 0. The van der Waals surface area contributed by atoms with Gasteiger partial charge < -0.3 is 5.32 Å². The molecule has 2 aromatic heterocycles. The van der Waals surface area contributed by atoms with E-state index in [0.29, 0.717) is 6.04 Å². The highest BCUT2D eigenvalue weighted by Crippen LogP contribution is 2.24. The summed E-state index contributed by atoms with van der Waals surface area (Å²) in [5.74, 6) is 0.719. The van der Waals surface area contributed by atoms with Crippen LogP contribution in [0.5, 0.6) is 0 Å². The van der Waals surface area contributed by atoms with Crippen molar-refractivity contribution < 1.29 is 0 Å². The minimum atomic E-state index is 0.497. The lowest BCUT2D eigenvalue weighted by Crippen LogP contribution is -2.23. The number of rotatable bonds is 4. The molecule has 0 radical (unpaired) electrons. The number of nitrogens with zero attached hydrogens (tertiary/aromatic N) is 4. The van der Waals surface area contributed by atoms with E-state index >= 15 is 0 Å². The standard InChI is InChI=1S/C20H23N5/c1-15-18(14-25(24-15)17-10-6-3-7-11-17)19-12-13-21-20(23-19)22-16-8-4-2-5-9-16/h3,6-7,10-14,16H,2,4-5,8-9H2,1H3,(H,21,22,23). The van der Waals surface area contributed by atoms with Crippen molar-refractivity contribution in [2.24, 2.45) is 0 Å². The summed E-state index contributed by atoms with van der Waals surface area (Å²) in [6.07, 6.45) is 10.2. The van der Waals surface area contributed by atoms with Crippen LogP contribution in [-0.2, 0) is 0 Å². The third kappa shape index (κ3) is 3.55. The number of aromatic nitrogens is 4. The van der Waals surface area contributed by atoms with Gasteiger partial charge in [-0.05, 0) is 38.0 Å². The molecule has 1 aromatic carbocycles. The van der Waals surface area contributed by atoms with Crippen molar-refractivity contribution in [1.29, 1.82) is 0 Å². The molecule has 0 unspecified atom stereocenters. The van der Waals surface area contributed by atoms with Gasteiger partial charge in [0.05, 0.1) is 17.1 Å². The molecule has 1 saturated carbocycles. The predicted molar refractivity (Wildman–Crippen MR) is 99.8 cm³/mol. The Hall–Kier alpha value is -2.69. The van der Waals surface area contributed by atoms with Gasteiger partial charge in [0.2, 0.25) is 5.95 Å². The van der Waals surface area contributed by atoms with E-state index in [4.69, 9.17) is 4.98 Å². The smallest absolute Gasteiger partial charge is 0.223 e. The third-order valence-corrected chi connectivity index (χ3v) is 4.79. The summed E-state index contributed by atoms with van der Waals surface area (Å²) in [6.45, 7) is 2.02. The monoisotopic (exact) mass is 333 g/mol. The Balaban J connectivity index is 1.59. The first-order valence-corrected chi connectivity index (χ1v) is 9.01. The summed E-state index contributed by atoms with van der Waals surface area (Å²) in [5, 5.41) is 8.14. The van der Waals surface area contributed by atoms with Gasteiger partial charge in [-0.1, -0.05) is 37.5 Å². The second-order valence-corrected chi connectivity index (χ2v) is 6.65. The molecule has 1 aliphatic rings. The fourth-order valence-corrected chi connectivity index (χ4v) is 3.43. The number of anilines is 1. The Morgan fingerprint density at radius 3 is 2.64 bits per heavy atom. The van der Waals surface area contributed by atoms with Crippen LogP contribution in [0.1, 0.15) is 37.8 Å². The molecule has 1 N–H and O–H groups in total. The van der Waals surface area contributed by atoms with Gasteiger partial charge in [-0.25, -0.2) is 14.6 Å². The number of para-hydroxylation sites is 1. The quantitative estimate of drug-likeness (QED) is 0.770. The lowest BCUT2D eigenvalue weighted by molar-refractivity contribution is 0.461. The van der Waals surface area contributed by atoms with Crippen LogP contribution in [0.2, 0.25) is 0 Å². The zero-order valence-corrected chi connectivity index (χ0v) is 14.5. The summed E-state index contributed by atoms with van der Waals surface area (Å²) >= 11 is 0. The number of aryl methyl sites for hydroxylation is 1. The van der Waals surface area contributed by atoms with E-state index in [9.17, 15) is 0 Å². The topological polar surface area (TPSA) is 55.6 Å². The van der Waals surface area contributed by atoms with Crippen LogP contribution in [0.15, 0.2) is 48.8 Å². The fourth-order valence-electron chi connectivity index (χ4n) is 3.43. The minimum Gasteiger partial charge on any atom is -0.351 e. The highest BCUT2D eigenvalue weighted by molar-refractivity contribution is 5.62. The molecule has 0 saturated heterocycles. The summed E-state index contributed by atoms with van der Waals surface area (Å²) in [5.41, 5.74) is 3.96. The van der Waals surface area contributed by atoms with E-state index in [1.165, 1.54) is 32.1 Å². The van der Waals surface area contributed by atoms with Crippen molar-refractivity contribution in [3.63, 3.8) is 0 Å². The van der Waals surface area contributed by atoms with Crippen LogP contribution < -0.4 is 5.32 Å². The molecule has 1 fully saturated rings. The van der Waals surface area contributed by atoms with Gasteiger partial charge in [0.25, 0.3) is 0 Å². The summed E-state index contributed by atoms with van der Waals surface area (Å²) < 4.78 is 1.90. The molecule has 0 amide bonds. The second-order valence-electron chi connectivity index (χ2n) is 6.65. The van der Waals surface area contributed by atoms with E-state index in [-0.39, 0.29) is 0 Å². The average Bonchev–Trinajstić information content (AvgIpc) is 3.05. The first-order valence-electron chi connectivity index (χ1n) is 9.01. The zero-order valence-electron chi connectivity index (χ0n) is 14.5. The lowest BCUT2D eigenvalue weighted by atomic mass is 9.96. The lowest BCUT2D eigenvalue weighted by Gasteiger charge is -2.22. The zero-order chi connectivity index (χ0) is 17.1. The third-order valence-electron chi connectivity index (χ3n) is 4.79. The molecule has 0 bridgehead atoms. The van der Waals surface area contributed by atoms with Gasteiger partial charge in [0.15, 0.2) is 0 Å². The van der Waals surface area contributed by atoms with Gasteiger partial charge in [0, 0.05) is 24.0 Å². The number of hydrogen-bond acceptors (Lipinski definition) is 4. The number of hydrogen-bond donors (Lipinski definition) is 1. The van der Waals surface area contributed by atoms with Crippen molar-refractivity contribution in [3.05, 3.63) is 54.5 Å². The van der Waals surface area contributed by atoms with E-state index < -0.39 is 0 Å². The molecule has 1 aliphatic carbocycles. The van der Waals surface area contributed by atoms with E-state index in [1.807, 2.05) is 60.4 Å². The molecule has 0 atom stereocenters. The SMILES string of the molecule is Cc1nn(-c2ccccc2)cc1-c1ccnc(NC2CCCCC2)n1. The molecule has 128 valence electrons. The first-order chi connectivity index (χ1) is 12.3. The van der Waals surface area contributed by atoms with Crippen molar-refractivity contribution in [2.75, 3.05) is 5.32 Å². The highest BCUT2D eigenvalue weighted by atomic mass is 15.3. The Labute approximate surface area is 148 Å². The number of nitrogens with one attached hydrogen (secondary N) is 1. The van der Waals surface area contributed by atoms with E-state index in [2.05, 4.69) is 15.4 Å². The normalized spacial score (nSPS) is 15.2. The van der Waals surface area contributed by atoms with E-state index in [1.54, 1.807) is 0 Å². The maximum absolute atomic E-state index is 4.73. The van der Waals surface area contributed by atoms with Gasteiger partial charge in [-0.2, -0.15) is 5.10 Å². The van der Waals surface area contributed by atoms with Gasteiger partial charge in [-0.15, -0.1) is 0 Å². The highest BCUT2D eigenvalue weighted by Gasteiger charge is 2.15. The molecule has 0 aliphatic heterocycles. The summed E-state index contributed by atoms with van der Waals surface area (Å²) in [4.78, 5) is 9.13. The van der Waals surface area contributed by atoms with Crippen LogP contribution >= 0.6 is 0 Å². The molecule has 4 rings (SSSR count). The fraction of sp³-hybridized carbons (Fsp3) is 0.350. The van der Waals surface area contributed by atoms with Crippen molar-refractivity contribution >= 4 is 5.95 Å². The van der Waals surface area contributed by atoms with Crippen molar-refractivity contribution in [2.45, 2.75) is 45.1 Å². The Kier molecular flexibility index (Phi) is 4.46. The van der Waals surface area contributed by atoms with Crippen LogP contribution in [0.4, 0.5) is 5.95 Å². The Morgan fingerprint density at radius 2 is 1.84 bits per heavy atom. The predicted octanol–water partition coefficient (Wildman–Crippen LogP) is 4.38. The Bertz CT molecular complexity index is 834. The van der Waals surface area contributed by atoms with Crippen LogP contribution in [0, 0.1) is 6.92 Å². The first kappa shape index (κ1) is 15.8. The molecule has 3 aromatic rings. The van der Waals surface area contributed by atoms with Crippen molar-refractivity contribution in [1.82, 2.24) is 19.7 Å². The average molecular weight is 333 g/mol. The Morgan fingerprint density at radius 1 is 1.04 bits per heavy atom. The van der Waals surface area contributed by atoms with Gasteiger partial charge in [-0.3, -0.25) is 0 Å². The molecule has 5 nitrogen and oxygen atoms in total. The van der Waals surface area contributed by atoms with Crippen LogP contribution in [-0.4, -0.2) is 25.8 Å². The molecule has 2 heterocycles. The second kappa shape index (κ2) is 7.05. The summed E-state index contributed by atoms with van der Waals surface area (Å²) in [6, 6.07) is 12.6. The van der Waals surface area contributed by atoms with Crippen molar-refractivity contribution in [3.8, 4) is 16.9 Å². The largest absolute Gasteiger partial charge is 0.351 e. The molecule has 25 heavy (non-hydrogen) atoms. The van der Waals surface area contributed by atoms with Gasteiger partial charge >= 0.3 is 0 Å². The molecular formula is C20H23N5. The van der Waals surface area contributed by atoms with Gasteiger partial charge in [0.1, 0.15) is 0 Å². The molecule has 0 spiro atoms. The molecular weight excluding hydrogens is 310 g/mol. The maximum Gasteiger partial charge on any atom is 0.223 e.